The largest absolute Gasteiger partial charge is 0.460 e. The second kappa shape index (κ2) is 49.8. The van der Waals surface area contributed by atoms with Gasteiger partial charge in [-0.05, 0) is 34.6 Å². The Bertz CT molecular complexity index is 171. The van der Waals surface area contributed by atoms with Gasteiger partial charge in [-0.3, -0.25) is 0 Å². The van der Waals surface area contributed by atoms with E-state index in [9.17, 15) is 4.79 Å². The SMILES string of the molecule is C=C(C)C(=O)OCCO.CCO.CCO.CCO.CCO.[Ta]. The Kier molecular flexibility index (Phi) is 85.4. The molecule has 0 aromatic rings. The van der Waals surface area contributed by atoms with E-state index < -0.39 is 5.97 Å². The van der Waals surface area contributed by atoms with Crippen molar-refractivity contribution in [3.8, 4) is 0 Å². The summed E-state index contributed by atoms with van der Waals surface area (Å²) in [7, 11) is 0. The Morgan fingerprint density at radius 1 is 0.864 bits per heavy atom. The van der Waals surface area contributed by atoms with Crippen LogP contribution in [0, 0.1) is 0 Å². The molecule has 5 N–H and O–H groups in total. The minimum Gasteiger partial charge on any atom is -0.460 e. The average molecular weight is 495 g/mol. The standard InChI is InChI=1S/C6H10O3.4C2H6O.Ta/c1-5(2)6(8)9-4-3-7;4*1-2-3;/h7H,1,3-4H2,2H3;4*3H,2H2,1H3;. The van der Waals surface area contributed by atoms with Gasteiger partial charge < -0.3 is 30.3 Å². The Morgan fingerprint density at radius 2 is 1.09 bits per heavy atom. The number of ether oxygens (including phenoxy) is 1. The van der Waals surface area contributed by atoms with E-state index in [0.717, 1.165) is 0 Å². The minimum atomic E-state index is -0.455. The van der Waals surface area contributed by atoms with E-state index in [2.05, 4.69) is 11.3 Å². The number of carbonyl (C=O) groups excluding carboxylic acids is 1. The Hall–Kier alpha value is -0.250. The molecular formula is C14H34O7Ta. The van der Waals surface area contributed by atoms with Gasteiger partial charge in [0.15, 0.2) is 0 Å². The quantitative estimate of drug-likeness (QED) is 0.278. The number of hydrogen-bond acceptors (Lipinski definition) is 7. The average Bonchev–Trinajstić information content (AvgIpc) is 2.39. The summed E-state index contributed by atoms with van der Waals surface area (Å²) in [6.07, 6.45) is 0. The molecule has 0 bridgehead atoms. The van der Waals surface area contributed by atoms with Gasteiger partial charge in [-0.2, -0.15) is 0 Å². The molecule has 0 aromatic carbocycles. The monoisotopic (exact) mass is 495 g/mol. The van der Waals surface area contributed by atoms with Crippen molar-refractivity contribution in [1.82, 2.24) is 0 Å². The molecule has 0 amide bonds. The summed E-state index contributed by atoms with van der Waals surface area (Å²) in [4.78, 5) is 10.5. The van der Waals surface area contributed by atoms with Crippen molar-refractivity contribution in [1.29, 1.82) is 0 Å². The second-order valence-electron chi connectivity index (χ2n) is 2.90. The zero-order chi connectivity index (χ0) is 18.1. The van der Waals surface area contributed by atoms with Crippen molar-refractivity contribution in [2.24, 2.45) is 0 Å². The molecule has 0 heterocycles. The number of carbonyl (C=O) groups is 1. The van der Waals surface area contributed by atoms with Crippen LogP contribution < -0.4 is 0 Å². The molecule has 0 spiro atoms. The molecule has 0 aliphatic heterocycles. The van der Waals surface area contributed by atoms with E-state index in [0.29, 0.717) is 5.57 Å². The van der Waals surface area contributed by atoms with E-state index in [-0.39, 0.29) is 62.0 Å². The number of aliphatic hydroxyl groups is 5. The smallest absolute Gasteiger partial charge is 0.333 e. The van der Waals surface area contributed by atoms with Gasteiger partial charge in [-0.15, -0.1) is 0 Å². The first-order valence-corrected chi connectivity index (χ1v) is 6.71. The number of rotatable bonds is 3. The third-order valence-electron chi connectivity index (χ3n) is 0.673. The second-order valence-corrected chi connectivity index (χ2v) is 2.90. The summed E-state index contributed by atoms with van der Waals surface area (Å²) in [6.45, 7) is 12.5. The molecular weight excluding hydrogens is 461 g/mol. The predicted octanol–water partition coefficient (Wildman–Crippen LogP) is 0.0899. The number of esters is 1. The third kappa shape index (κ3) is 116. The summed E-state index contributed by atoms with van der Waals surface area (Å²) in [5.74, 6) is -0.455. The van der Waals surface area contributed by atoms with E-state index in [1.54, 1.807) is 34.6 Å². The molecule has 137 valence electrons. The molecule has 0 saturated heterocycles. The zero-order valence-electron chi connectivity index (χ0n) is 14.4. The van der Waals surface area contributed by atoms with Crippen molar-refractivity contribution in [3.63, 3.8) is 0 Å². The zero-order valence-corrected chi connectivity index (χ0v) is 17.7. The number of hydrogen-bond donors (Lipinski definition) is 5. The van der Waals surface area contributed by atoms with E-state index in [1.807, 2.05) is 0 Å². The van der Waals surface area contributed by atoms with Crippen molar-refractivity contribution in [2.45, 2.75) is 34.6 Å². The summed E-state index contributed by atoms with van der Waals surface area (Å²) in [5, 5.41) is 38.5. The topological polar surface area (TPSA) is 127 Å². The first-order valence-electron chi connectivity index (χ1n) is 6.71. The van der Waals surface area contributed by atoms with Crippen LogP contribution in [0.25, 0.3) is 0 Å². The molecule has 0 rings (SSSR count). The minimum absolute atomic E-state index is 0. The normalized spacial score (nSPS) is 6.82. The maximum atomic E-state index is 10.5. The van der Waals surface area contributed by atoms with Gasteiger partial charge in [-0.1, -0.05) is 6.58 Å². The van der Waals surface area contributed by atoms with Gasteiger partial charge in [-0.25, -0.2) is 4.79 Å². The van der Waals surface area contributed by atoms with E-state index in [4.69, 9.17) is 25.5 Å². The van der Waals surface area contributed by atoms with Crippen LogP contribution in [-0.4, -0.2) is 71.1 Å². The van der Waals surface area contributed by atoms with Gasteiger partial charge in [0.25, 0.3) is 0 Å². The van der Waals surface area contributed by atoms with Crippen LogP contribution >= 0.6 is 0 Å². The van der Waals surface area contributed by atoms with Crippen LogP contribution in [0.4, 0.5) is 0 Å². The van der Waals surface area contributed by atoms with Crippen LogP contribution in [0.1, 0.15) is 34.6 Å². The van der Waals surface area contributed by atoms with Crippen molar-refractivity contribution < 1.29 is 57.4 Å². The first kappa shape index (κ1) is 37.8. The molecule has 8 heteroatoms. The molecule has 7 nitrogen and oxygen atoms in total. The molecule has 1 radical (unpaired) electrons. The van der Waals surface area contributed by atoms with Gasteiger partial charge >= 0.3 is 5.97 Å². The maximum absolute atomic E-state index is 10.5. The van der Waals surface area contributed by atoms with Gasteiger partial charge in [0.2, 0.25) is 0 Å². The Labute approximate surface area is 150 Å². The van der Waals surface area contributed by atoms with Crippen LogP contribution in [0.15, 0.2) is 12.2 Å². The summed E-state index contributed by atoms with van der Waals surface area (Å²) < 4.78 is 4.46. The van der Waals surface area contributed by atoms with Gasteiger partial charge in [0.05, 0.1) is 6.61 Å². The molecule has 0 saturated carbocycles. The van der Waals surface area contributed by atoms with Crippen LogP contribution in [0.2, 0.25) is 0 Å². The van der Waals surface area contributed by atoms with Crippen molar-refractivity contribution in [3.05, 3.63) is 12.2 Å². The molecule has 0 aromatic heterocycles. The fourth-order valence-electron chi connectivity index (χ4n) is 0.262. The Balaban J connectivity index is -0.0000000415. The fourth-order valence-corrected chi connectivity index (χ4v) is 0.262. The van der Waals surface area contributed by atoms with E-state index in [1.165, 1.54) is 0 Å². The fraction of sp³-hybridized carbons (Fsp3) is 0.786. The molecule has 0 unspecified atom stereocenters. The Morgan fingerprint density at radius 3 is 1.23 bits per heavy atom. The predicted molar refractivity (Wildman–Crippen MR) is 83.9 cm³/mol. The molecule has 22 heavy (non-hydrogen) atoms. The van der Waals surface area contributed by atoms with Gasteiger partial charge in [0, 0.05) is 54.4 Å². The van der Waals surface area contributed by atoms with Gasteiger partial charge in [0.1, 0.15) is 6.61 Å². The van der Waals surface area contributed by atoms with Crippen LogP contribution in [0.3, 0.4) is 0 Å². The molecule has 0 aliphatic carbocycles. The third-order valence-corrected chi connectivity index (χ3v) is 0.673. The van der Waals surface area contributed by atoms with Crippen molar-refractivity contribution >= 4 is 5.97 Å². The maximum Gasteiger partial charge on any atom is 0.333 e. The summed E-state index contributed by atoms with van der Waals surface area (Å²) in [5.41, 5.74) is 0.350. The summed E-state index contributed by atoms with van der Waals surface area (Å²) in [6, 6.07) is 0. The van der Waals surface area contributed by atoms with Crippen LogP contribution in [0.5, 0.6) is 0 Å². The van der Waals surface area contributed by atoms with E-state index >= 15 is 0 Å². The molecule has 0 aliphatic rings. The van der Waals surface area contributed by atoms with Crippen molar-refractivity contribution in [2.75, 3.05) is 39.6 Å². The van der Waals surface area contributed by atoms with Crippen LogP contribution in [-0.2, 0) is 31.9 Å². The number of aliphatic hydroxyl groups excluding tert-OH is 5. The summed E-state index contributed by atoms with van der Waals surface area (Å²) >= 11 is 0. The first-order chi connectivity index (χ1) is 9.84. The molecule has 0 atom stereocenters. The molecule has 0 fully saturated rings.